The lowest BCUT2D eigenvalue weighted by Gasteiger charge is -2.04. The quantitative estimate of drug-likeness (QED) is 0.713. The van der Waals surface area contributed by atoms with E-state index in [0.717, 1.165) is 0 Å². The Labute approximate surface area is 85.7 Å². The zero-order valence-electron chi connectivity index (χ0n) is 7.84. The molecule has 0 radical (unpaired) electrons. The third-order valence-corrected chi connectivity index (χ3v) is 1.58. The lowest BCUT2D eigenvalue weighted by atomic mass is 10.3. The predicted molar refractivity (Wildman–Crippen MR) is 50.5 cm³/mol. The largest absolute Gasteiger partial charge is 0.491 e. The Morgan fingerprint density at radius 1 is 1.47 bits per heavy atom. The van der Waals surface area contributed by atoms with E-state index in [9.17, 15) is 9.59 Å². The summed E-state index contributed by atoms with van der Waals surface area (Å²) in [5.41, 5.74) is 4.94. The Morgan fingerprint density at radius 2 is 2.20 bits per heavy atom. The molecule has 0 unspecified atom stereocenters. The molecule has 0 spiro atoms. The highest BCUT2D eigenvalue weighted by Gasteiger charge is 2.04. The zero-order chi connectivity index (χ0) is 11.3. The van der Waals surface area contributed by atoms with Gasteiger partial charge in [0.1, 0.15) is 5.75 Å². The fourth-order valence-corrected chi connectivity index (χ4v) is 0.884. The topological polar surface area (TPSA) is 103 Å². The summed E-state index contributed by atoms with van der Waals surface area (Å²) >= 11 is 0. The van der Waals surface area contributed by atoms with E-state index in [1.807, 2.05) is 0 Å². The molecule has 0 bridgehead atoms. The number of hydrogen-bond acceptors (Lipinski definition) is 4. The highest BCUT2D eigenvalue weighted by atomic mass is 16.5. The first-order valence-electron chi connectivity index (χ1n) is 4.19. The smallest absolute Gasteiger partial charge is 0.337 e. The molecule has 3 N–H and O–H groups in total. The van der Waals surface area contributed by atoms with Crippen LogP contribution in [0.25, 0.3) is 0 Å². The summed E-state index contributed by atoms with van der Waals surface area (Å²) in [6.45, 7) is 0.111. The molecule has 0 atom stereocenters. The highest BCUT2D eigenvalue weighted by Crippen LogP contribution is 2.11. The number of carbonyl (C=O) groups is 2. The molecule has 0 aliphatic carbocycles. The Bertz CT molecular complexity index is 378. The van der Waals surface area contributed by atoms with Crippen LogP contribution in [0.3, 0.4) is 0 Å². The summed E-state index contributed by atoms with van der Waals surface area (Å²) in [5.74, 6) is -1.25. The van der Waals surface area contributed by atoms with Crippen LogP contribution in [0, 0.1) is 0 Å². The van der Waals surface area contributed by atoms with E-state index in [2.05, 4.69) is 4.98 Å². The van der Waals surface area contributed by atoms with Crippen LogP contribution in [0.5, 0.6) is 5.75 Å². The average molecular weight is 210 g/mol. The summed E-state index contributed by atoms with van der Waals surface area (Å²) < 4.78 is 5.08. The molecular weight excluding hydrogens is 200 g/mol. The van der Waals surface area contributed by atoms with Gasteiger partial charge in [-0.25, -0.2) is 4.79 Å². The molecule has 0 saturated carbocycles. The number of amides is 1. The minimum atomic E-state index is -1.08. The number of hydrogen-bond donors (Lipinski definition) is 2. The van der Waals surface area contributed by atoms with Gasteiger partial charge >= 0.3 is 5.97 Å². The van der Waals surface area contributed by atoms with E-state index in [1.54, 1.807) is 0 Å². The molecule has 15 heavy (non-hydrogen) atoms. The predicted octanol–water partition coefficient (Wildman–Crippen LogP) is 0.0340. The fourth-order valence-electron chi connectivity index (χ4n) is 0.884. The first-order valence-corrected chi connectivity index (χ1v) is 4.19. The lowest BCUT2D eigenvalue weighted by Crippen LogP contribution is -2.14. The van der Waals surface area contributed by atoms with Gasteiger partial charge in [-0.2, -0.15) is 0 Å². The molecule has 1 aromatic heterocycles. The number of nitrogens with zero attached hydrogens (tertiary/aromatic N) is 1. The Balaban J connectivity index is 2.58. The van der Waals surface area contributed by atoms with E-state index < -0.39 is 11.9 Å². The third kappa shape index (κ3) is 3.63. The Kier molecular flexibility index (Phi) is 3.61. The Morgan fingerprint density at radius 3 is 2.80 bits per heavy atom. The van der Waals surface area contributed by atoms with Crippen LogP contribution >= 0.6 is 0 Å². The second-order valence-electron chi connectivity index (χ2n) is 2.78. The first kappa shape index (κ1) is 11.0. The number of pyridine rings is 1. The number of primary amides is 1. The molecule has 0 saturated heterocycles. The lowest BCUT2D eigenvalue weighted by molar-refractivity contribution is -0.118. The van der Waals surface area contributed by atoms with Crippen molar-refractivity contribution in [2.45, 2.75) is 6.42 Å². The number of aromatic carboxylic acids is 1. The van der Waals surface area contributed by atoms with E-state index in [1.165, 1.54) is 18.5 Å². The minimum Gasteiger partial charge on any atom is -0.491 e. The Hall–Kier alpha value is -2.11. The van der Waals surface area contributed by atoms with Crippen molar-refractivity contribution in [1.29, 1.82) is 0 Å². The molecule has 1 aromatic rings. The molecule has 0 aliphatic heterocycles. The molecule has 6 nitrogen and oxygen atoms in total. The van der Waals surface area contributed by atoms with Gasteiger partial charge in [-0.3, -0.25) is 9.78 Å². The monoisotopic (exact) mass is 210 g/mol. The van der Waals surface area contributed by atoms with Gasteiger partial charge < -0.3 is 15.6 Å². The van der Waals surface area contributed by atoms with E-state index in [0.29, 0.717) is 5.75 Å². The van der Waals surface area contributed by atoms with Crippen LogP contribution in [0.1, 0.15) is 16.8 Å². The normalized spacial score (nSPS) is 9.60. The van der Waals surface area contributed by atoms with Crippen LogP contribution in [0.2, 0.25) is 0 Å². The standard InChI is InChI=1S/C9H10N2O4/c10-8(12)1-2-15-7-3-6(9(13)14)4-11-5-7/h3-5H,1-2H2,(H2,10,12)(H,13,14). The maximum Gasteiger partial charge on any atom is 0.337 e. The van der Waals surface area contributed by atoms with Crippen molar-refractivity contribution in [3.8, 4) is 5.75 Å². The van der Waals surface area contributed by atoms with Gasteiger partial charge in [0.25, 0.3) is 0 Å². The minimum absolute atomic E-state index is 0.0339. The number of carbonyl (C=O) groups excluding carboxylic acids is 1. The van der Waals surface area contributed by atoms with Gasteiger partial charge in [-0.05, 0) is 6.07 Å². The van der Waals surface area contributed by atoms with Gasteiger partial charge in [0.15, 0.2) is 0 Å². The molecule has 1 amide bonds. The van der Waals surface area contributed by atoms with Crippen LogP contribution in [-0.2, 0) is 4.79 Å². The first-order chi connectivity index (χ1) is 7.09. The molecule has 6 heteroatoms. The zero-order valence-corrected chi connectivity index (χ0v) is 7.84. The van der Waals surface area contributed by atoms with Crippen LogP contribution in [0.4, 0.5) is 0 Å². The van der Waals surface area contributed by atoms with Gasteiger partial charge in [0.2, 0.25) is 5.91 Å². The van der Waals surface area contributed by atoms with Gasteiger partial charge in [-0.15, -0.1) is 0 Å². The number of carboxylic acid groups (broad SMARTS) is 1. The second-order valence-corrected chi connectivity index (χ2v) is 2.78. The van der Waals surface area contributed by atoms with Crippen molar-refractivity contribution < 1.29 is 19.4 Å². The van der Waals surface area contributed by atoms with Gasteiger partial charge in [0.05, 0.1) is 24.8 Å². The van der Waals surface area contributed by atoms with E-state index in [4.69, 9.17) is 15.6 Å². The maximum absolute atomic E-state index is 10.6. The molecule has 0 fully saturated rings. The number of nitrogens with two attached hydrogens (primary N) is 1. The number of carboxylic acids is 1. The van der Waals surface area contributed by atoms with Crippen molar-refractivity contribution >= 4 is 11.9 Å². The van der Waals surface area contributed by atoms with Gasteiger partial charge in [-0.1, -0.05) is 0 Å². The maximum atomic E-state index is 10.6. The summed E-state index contributed by atoms with van der Waals surface area (Å²) in [6.07, 6.45) is 2.66. The average Bonchev–Trinajstić information content (AvgIpc) is 2.17. The third-order valence-electron chi connectivity index (χ3n) is 1.58. The van der Waals surface area contributed by atoms with Crippen LogP contribution in [0.15, 0.2) is 18.5 Å². The summed E-state index contributed by atoms with van der Waals surface area (Å²) in [4.78, 5) is 24.6. The van der Waals surface area contributed by atoms with Crippen molar-refractivity contribution in [3.05, 3.63) is 24.0 Å². The summed E-state index contributed by atoms with van der Waals surface area (Å²) in [7, 11) is 0. The number of aromatic nitrogens is 1. The second kappa shape index (κ2) is 4.94. The van der Waals surface area contributed by atoms with Crippen molar-refractivity contribution in [3.63, 3.8) is 0 Å². The van der Waals surface area contributed by atoms with Crippen LogP contribution < -0.4 is 10.5 Å². The van der Waals surface area contributed by atoms with E-state index >= 15 is 0 Å². The summed E-state index contributed by atoms with van der Waals surface area (Å²) in [6, 6.07) is 1.33. The van der Waals surface area contributed by atoms with Crippen molar-refractivity contribution in [2.24, 2.45) is 5.73 Å². The number of ether oxygens (including phenoxy) is 1. The molecular formula is C9H10N2O4. The molecule has 80 valence electrons. The number of rotatable bonds is 5. The van der Waals surface area contributed by atoms with Crippen molar-refractivity contribution in [1.82, 2.24) is 4.98 Å². The summed E-state index contributed by atoms with van der Waals surface area (Å²) in [5, 5.41) is 8.65. The fraction of sp³-hybridized carbons (Fsp3) is 0.222. The molecule has 1 rings (SSSR count). The van der Waals surface area contributed by atoms with E-state index in [-0.39, 0.29) is 18.6 Å². The SMILES string of the molecule is NC(=O)CCOc1cncc(C(=O)O)c1. The van der Waals surface area contributed by atoms with Crippen molar-refractivity contribution in [2.75, 3.05) is 6.61 Å². The molecule has 0 aliphatic rings. The molecule has 1 heterocycles. The van der Waals surface area contributed by atoms with Crippen LogP contribution in [-0.4, -0.2) is 28.6 Å². The van der Waals surface area contributed by atoms with Gasteiger partial charge in [0, 0.05) is 6.20 Å². The highest BCUT2D eigenvalue weighted by molar-refractivity contribution is 5.87. The molecule has 0 aromatic carbocycles.